The van der Waals surface area contributed by atoms with E-state index in [1.165, 1.54) is 31.7 Å². The molecule has 3 rings (SSSR count). The molecule has 1 aliphatic carbocycles. The number of hydrogen-bond acceptors (Lipinski definition) is 5. The molecular formula is C21H32ClN3O3. The summed E-state index contributed by atoms with van der Waals surface area (Å²) < 4.78 is 5.91. The van der Waals surface area contributed by atoms with Crippen molar-refractivity contribution in [3.63, 3.8) is 0 Å². The van der Waals surface area contributed by atoms with Crippen LogP contribution >= 0.6 is 11.6 Å². The number of nitrogens with zero attached hydrogens (tertiary/aromatic N) is 2. The molecule has 0 amide bonds. The number of nitro groups is 1. The maximum Gasteiger partial charge on any atom is 0.293 e. The number of benzene rings is 1. The van der Waals surface area contributed by atoms with Gasteiger partial charge in [0.05, 0.1) is 16.0 Å². The van der Waals surface area contributed by atoms with Crippen LogP contribution in [0.2, 0.25) is 5.02 Å². The van der Waals surface area contributed by atoms with E-state index in [1.54, 1.807) is 6.07 Å². The first-order valence-corrected chi connectivity index (χ1v) is 10.9. The van der Waals surface area contributed by atoms with Crippen molar-refractivity contribution in [1.82, 2.24) is 4.90 Å². The van der Waals surface area contributed by atoms with Crippen LogP contribution in [0.4, 0.5) is 11.4 Å². The molecule has 1 aromatic carbocycles. The molecule has 1 aromatic rings. The average Bonchev–Trinajstić information content (AvgIpc) is 2.70. The molecule has 0 radical (unpaired) electrons. The summed E-state index contributed by atoms with van der Waals surface area (Å²) in [4.78, 5) is 13.6. The third kappa shape index (κ3) is 5.37. The number of halogens is 1. The Hall–Kier alpha value is -1.37. The molecule has 6 nitrogen and oxygen atoms in total. The minimum absolute atomic E-state index is 0.0587. The normalized spacial score (nSPS) is 24.2. The first-order valence-electron chi connectivity index (χ1n) is 10.5. The quantitative estimate of drug-likeness (QED) is 0.497. The van der Waals surface area contributed by atoms with Crippen LogP contribution in [0.25, 0.3) is 0 Å². The van der Waals surface area contributed by atoms with Crippen molar-refractivity contribution in [3.8, 4) is 0 Å². The zero-order valence-electron chi connectivity index (χ0n) is 17.0. The van der Waals surface area contributed by atoms with Gasteiger partial charge in [0.25, 0.3) is 5.69 Å². The van der Waals surface area contributed by atoms with Gasteiger partial charge in [-0.2, -0.15) is 0 Å². The van der Waals surface area contributed by atoms with Crippen LogP contribution in [0.3, 0.4) is 0 Å². The number of ether oxygens (including phenoxy) is 1. The minimum Gasteiger partial charge on any atom is -0.378 e. The zero-order chi connectivity index (χ0) is 20.1. The van der Waals surface area contributed by atoms with E-state index in [0.717, 1.165) is 44.5 Å². The number of aryl methyl sites for hydroxylation is 1. The molecule has 28 heavy (non-hydrogen) atoms. The largest absolute Gasteiger partial charge is 0.378 e. The lowest BCUT2D eigenvalue weighted by Gasteiger charge is -2.41. The van der Waals surface area contributed by atoms with Gasteiger partial charge in [0.15, 0.2) is 0 Å². The maximum absolute atomic E-state index is 11.4. The first-order chi connectivity index (χ1) is 13.5. The third-order valence-electron chi connectivity index (χ3n) is 6.08. The van der Waals surface area contributed by atoms with Crippen molar-refractivity contribution in [2.24, 2.45) is 0 Å². The zero-order valence-corrected chi connectivity index (χ0v) is 17.7. The fourth-order valence-electron chi connectivity index (χ4n) is 4.43. The van der Waals surface area contributed by atoms with E-state index in [2.05, 4.69) is 17.1 Å². The van der Waals surface area contributed by atoms with Gasteiger partial charge >= 0.3 is 0 Å². The van der Waals surface area contributed by atoms with Crippen molar-refractivity contribution in [1.29, 1.82) is 0 Å². The second kappa shape index (κ2) is 9.90. The lowest BCUT2D eigenvalue weighted by Crippen LogP contribution is -2.46. The number of likely N-dealkylation sites (tertiary alicyclic amines) is 1. The highest BCUT2D eigenvalue weighted by molar-refractivity contribution is 6.31. The summed E-state index contributed by atoms with van der Waals surface area (Å²) in [5.41, 5.74) is 1.50. The lowest BCUT2D eigenvalue weighted by atomic mass is 9.90. The van der Waals surface area contributed by atoms with Crippen LogP contribution in [0, 0.1) is 17.0 Å². The fraction of sp³-hybridized carbons (Fsp3) is 0.714. The Labute approximate surface area is 172 Å². The van der Waals surface area contributed by atoms with Gasteiger partial charge in [-0.25, -0.2) is 0 Å². The van der Waals surface area contributed by atoms with Gasteiger partial charge in [0.2, 0.25) is 0 Å². The van der Waals surface area contributed by atoms with Gasteiger partial charge in [0.1, 0.15) is 5.69 Å². The molecule has 0 aromatic heterocycles. The molecule has 156 valence electrons. The summed E-state index contributed by atoms with van der Waals surface area (Å²) in [6.45, 7) is 7.00. The number of anilines is 1. The highest BCUT2D eigenvalue weighted by Gasteiger charge is 2.30. The van der Waals surface area contributed by atoms with E-state index in [4.69, 9.17) is 16.3 Å². The molecule has 1 saturated heterocycles. The molecule has 1 heterocycles. The molecule has 2 fully saturated rings. The van der Waals surface area contributed by atoms with Crippen LogP contribution in [0.5, 0.6) is 0 Å². The second-order valence-corrected chi connectivity index (χ2v) is 8.54. The van der Waals surface area contributed by atoms with E-state index in [-0.39, 0.29) is 16.7 Å². The van der Waals surface area contributed by atoms with Crippen LogP contribution in [0.1, 0.15) is 57.4 Å². The van der Waals surface area contributed by atoms with E-state index in [0.29, 0.717) is 22.9 Å². The molecule has 0 bridgehead atoms. The summed E-state index contributed by atoms with van der Waals surface area (Å²) in [7, 11) is 0. The van der Waals surface area contributed by atoms with Crippen LogP contribution in [-0.2, 0) is 4.74 Å². The Morgan fingerprint density at radius 2 is 1.89 bits per heavy atom. The topological polar surface area (TPSA) is 67.6 Å². The van der Waals surface area contributed by atoms with Crippen molar-refractivity contribution in [3.05, 3.63) is 32.8 Å². The van der Waals surface area contributed by atoms with Gasteiger partial charge in [-0.1, -0.05) is 18.5 Å². The first kappa shape index (κ1) is 21.3. The Morgan fingerprint density at radius 3 is 2.50 bits per heavy atom. The van der Waals surface area contributed by atoms with E-state index in [9.17, 15) is 10.1 Å². The second-order valence-electron chi connectivity index (χ2n) is 8.13. The number of rotatable bonds is 7. The van der Waals surface area contributed by atoms with E-state index in [1.807, 2.05) is 6.92 Å². The molecular weight excluding hydrogens is 378 g/mol. The molecule has 0 spiro atoms. The lowest BCUT2D eigenvalue weighted by molar-refractivity contribution is -0.384. The average molecular weight is 410 g/mol. The predicted molar refractivity (Wildman–Crippen MR) is 113 cm³/mol. The summed E-state index contributed by atoms with van der Waals surface area (Å²) >= 11 is 6.07. The number of nitrogens with one attached hydrogen (secondary N) is 1. The minimum atomic E-state index is -0.359. The predicted octanol–water partition coefficient (Wildman–Crippen LogP) is 5.17. The summed E-state index contributed by atoms with van der Waals surface area (Å²) in [5.74, 6) is 0. The Morgan fingerprint density at radius 1 is 1.21 bits per heavy atom. The van der Waals surface area contributed by atoms with E-state index >= 15 is 0 Å². The molecule has 0 atom stereocenters. The molecule has 1 saturated carbocycles. The van der Waals surface area contributed by atoms with Gasteiger partial charge in [-0.05, 0) is 63.5 Å². The molecule has 7 heteroatoms. The molecule has 1 aliphatic heterocycles. The molecule has 2 aliphatic rings. The van der Waals surface area contributed by atoms with Crippen molar-refractivity contribution in [2.45, 2.75) is 77.0 Å². The Kier molecular flexibility index (Phi) is 7.55. The molecule has 0 unspecified atom stereocenters. The van der Waals surface area contributed by atoms with Crippen molar-refractivity contribution < 1.29 is 9.66 Å². The highest BCUT2D eigenvalue weighted by Crippen LogP contribution is 2.33. The standard InChI is InChI=1S/C21H32ClN3O3/c1-3-12-28-18-6-4-17(5-7-18)24-10-8-16(9-11-24)23-20-13-15(2)19(22)14-21(20)25(26)27/h13-14,16-18,23H,3-12H2,1-2H3. The van der Waals surface area contributed by atoms with Gasteiger partial charge in [-0.3, -0.25) is 10.1 Å². The SMILES string of the molecule is CCCOC1CCC(N2CCC(Nc3cc(C)c(Cl)cc3[N+](=O)[O-])CC2)CC1. The van der Waals surface area contributed by atoms with Crippen molar-refractivity contribution in [2.75, 3.05) is 25.0 Å². The number of nitro benzene ring substituents is 1. The van der Waals surface area contributed by atoms with Crippen molar-refractivity contribution >= 4 is 23.0 Å². The highest BCUT2D eigenvalue weighted by atomic mass is 35.5. The Balaban J connectivity index is 1.50. The van der Waals surface area contributed by atoms with Gasteiger partial charge in [0, 0.05) is 37.8 Å². The monoisotopic (exact) mass is 409 g/mol. The summed E-state index contributed by atoms with van der Waals surface area (Å²) in [5, 5.41) is 15.2. The summed E-state index contributed by atoms with van der Waals surface area (Å²) in [6, 6.07) is 4.17. The third-order valence-corrected chi connectivity index (χ3v) is 6.49. The van der Waals surface area contributed by atoms with Crippen LogP contribution in [0.15, 0.2) is 12.1 Å². The van der Waals surface area contributed by atoms with Crippen LogP contribution < -0.4 is 5.32 Å². The number of hydrogen-bond donors (Lipinski definition) is 1. The molecule has 1 N–H and O–H groups in total. The summed E-state index contributed by atoms with van der Waals surface area (Å²) in [6.07, 6.45) is 8.31. The van der Waals surface area contributed by atoms with E-state index < -0.39 is 0 Å². The van der Waals surface area contributed by atoms with Gasteiger partial charge < -0.3 is 15.0 Å². The smallest absolute Gasteiger partial charge is 0.293 e. The van der Waals surface area contributed by atoms with Crippen LogP contribution in [-0.4, -0.2) is 47.7 Å². The number of piperidine rings is 1. The Bertz CT molecular complexity index is 669. The maximum atomic E-state index is 11.4. The fourth-order valence-corrected chi connectivity index (χ4v) is 4.59. The van der Waals surface area contributed by atoms with Gasteiger partial charge in [-0.15, -0.1) is 0 Å².